The van der Waals surface area contributed by atoms with Crippen molar-refractivity contribution in [2.75, 3.05) is 7.11 Å². The van der Waals surface area contributed by atoms with Gasteiger partial charge in [-0.2, -0.15) is 0 Å². The Hall–Kier alpha value is -4.85. The predicted molar refractivity (Wildman–Crippen MR) is 189 cm³/mol. The Kier molecular flexibility index (Phi) is 15.2. The number of hydrogen-bond donors (Lipinski definition) is 4. The molecule has 0 aliphatic rings. The average Bonchev–Trinajstić information content (AvgIpc) is 3.57. The van der Waals surface area contributed by atoms with Crippen molar-refractivity contribution < 1.29 is 33.7 Å². The number of nitrogens with zero attached hydrogens (tertiary/aromatic N) is 2. The number of benzene rings is 2. The molecule has 0 unspecified atom stereocenters. The van der Waals surface area contributed by atoms with Crippen LogP contribution < -0.4 is 16.0 Å². The van der Waals surface area contributed by atoms with E-state index in [0.29, 0.717) is 19.4 Å². The van der Waals surface area contributed by atoms with Gasteiger partial charge in [0, 0.05) is 37.3 Å². The number of rotatable bonds is 18. The molecule has 0 saturated carbocycles. The zero-order chi connectivity index (χ0) is 35.7. The molecule has 0 radical (unpaired) electrons. The van der Waals surface area contributed by atoms with Gasteiger partial charge in [-0.05, 0) is 42.4 Å². The highest BCUT2D eigenvalue weighted by molar-refractivity contribution is 7.11. The number of alkyl carbamates (subject to hydrolysis) is 2. The van der Waals surface area contributed by atoms with Crippen LogP contribution in [0.1, 0.15) is 46.8 Å². The number of methoxy groups -OCH3 is 1. The standard InChI is InChI=1S/C37H45N5O7S/c1-25(2)34(42-37(46)49-23-30-21-39-33(50-30)24-47-3)35(44)40-29(17-26-11-6-4-7-12-26)19-32(43)31(18-27-13-8-5-9-14-27)41-36(45)48-22-28-15-10-16-38-20-28/h4-16,20-21,25,29,31-32,34,43H,17-19,22-24H2,1-3H3,(H,40,44)(H,41,45)(H,42,46)/t29-,31-,32-,34-/m0/s1. The van der Waals surface area contributed by atoms with Gasteiger partial charge < -0.3 is 35.3 Å². The molecular weight excluding hydrogens is 659 g/mol. The summed E-state index contributed by atoms with van der Waals surface area (Å²) in [6.07, 6.45) is 3.19. The first-order chi connectivity index (χ1) is 24.2. The van der Waals surface area contributed by atoms with Gasteiger partial charge in [-0.1, -0.05) is 80.6 Å². The Morgan fingerprint density at radius 2 is 1.42 bits per heavy atom. The summed E-state index contributed by atoms with van der Waals surface area (Å²) in [6, 6.07) is 20.4. The molecule has 4 atom stereocenters. The first-order valence-corrected chi connectivity index (χ1v) is 17.3. The number of amides is 3. The van der Waals surface area contributed by atoms with E-state index in [1.807, 2.05) is 74.5 Å². The molecule has 13 heteroatoms. The Balaban J connectivity index is 1.44. The van der Waals surface area contributed by atoms with Crippen LogP contribution in [0.2, 0.25) is 0 Å². The van der Waals surface area contributed by atoms with Crippen molar-refractivity contribution >= 4 is 29.4 Å². The van der Waals surface area contributed by atoms with Gasteiger partial charge in [0.05, 0.1) is 23.6 Å². The topological polar surface area (TPSA) is 161 Å². The molecule has 2 aromatic heterocycles. The van der Waals surface area contributed by atoms with E-state index in [-0.39, 0.29) is 25.6 Å². The monoisotopic (exact) mass is 703 g/mol. The molecule has 2 aromatic carbocycles. The third-order valence-corrected chi connectivity index (χ3v) is 8.74. The van der Waals surface area contributed by atoms with Crippen molar-refractivity contribution in [1.29, 1.82) is 0 Å². The number of nitrogens with one attached hydrogen (secondary N) is 3. The van der Waals surface area contributed by atoms with Crippen molar-refractivity contribution in [3.05, 3.63) is 118 Å². The first kappa shape index (κ1) is 38.0. The molecule has 4 N–H and O–H groups in total. The van der Waals surface area contributed by atoms with E-state index in [9.17, 15) is 19.5 Å². The summed E-state index contributed by atoms with van der Waals surface area (Å²) in [5.74, 6) is -0.697. The maximum absolute atomic E-state index is 13.7. The summed E-state index contributed by atoms with van der Waals surface area (Å²) in [5, 5.41) is 21.0. The molecule has 266 valence electrons. The van der Waals surface area contributed by atoms with Gasteiger partial charge in [0.15, 0.2) is 0 Å². The summed E-state index contributed by atoms with van der Waals surface area (Å²) in [4.78, 5) is 48.5. The van der Waals surface area contributed by atoms with E-state index in [2.05, 4.69) is 25.9 Å². The third kappa shape index (κ3) is 12.9. The fraction of sp³-hybridized carbons (Fsp3) is 0.378. The van der Waals surface area contributed by atoms with Gasteiger partial charge in [-0.3, -0.25) is 9.78 Å². The molecule has 12 nitrogen and oxygen atoms in total. The molecule has 4 aromatic rings. The number of aliphatic hydroxyl groups is 1. The minimum absolute atomic E-state index is 0.00292. The molecule has 0 saturated heterocycles. The summed E-state index contributed by atoms with van der Waals surface area (Å²) in [6.45, 7) is 4.03. The normalized spacial score (nSPS) is 13.5. The average molecular weight is 704 g/mol. The van der Waals surface area contributed by atoms with Crippen LogP contribution in [0.4, 0.5) is 9.59 Å². The van der Waals surface area contributed by atoms with Crippen molar-refractivity contribution in [1.82, 2.24) is 25.9 Å². The fourth-order valence-corrected chi connectivity index (χ4v) is 6.07. The highest BCUT2D eigenvalue weighted by atomic mass is 32.1. The number of thiazole rings is 1. The molecule has 4 rings (SSSR count). The predicted octanol–water partition coefficient (Wildman–Crippen LogP) is 4.95. The molecule has 0 aliphatic heterocycles. The Morgan fingerprint density at radius 3 is 2.06 bits per heavy atom. The number of carbonyl (C=O) groups is 3. The zero-order valence-corrected chi connectivity index (χ0v) is 29.3. The number of hydrogen-bond acceptors (Lipinski definition) is 10. The van der Waals surface area contributed by atoms with Crippen molar-refractivity contribution in [2.45, 2.75) is 77.2 Å². The second kappa shape index (κ2) is 20.0. The molecule has 50 heavy (non-hydrogen) atoms. The maximum Gasteiger partial charge on any atom is 0.408 e. The molecular formula is C37H45N5O7S. The summed E-state index contributed by atoms with van der Waals surface area (Å²) >= 11 is 1.37. The van der Waals surface area contributed by atoms with Crippen LogP contribution in [-0.2, 0) is 51.7 Å². The number of aliphatic hydroxyl groups excluding tert-OH is 1. The SMILES string of the molecule is COCc1ncc(COC(=O)N[C@H](C(=O)N[C@@H](Cc2ccccc2)C[C@H](O)[C@H](Cc2ccccc2)NC(=O)OCc2cccnc2)C(C)C)s1. The largest absolute Gasteiger partial charge is 0.445 e. The van der Waals surface area contributed by atoms with E-state index in [1.54, 1.807) is 37.8 Å². The zero-order valence-electron chi connectivity index (χ0n) is 28.5. The van der Waals surface area contributed by atoms with Crippen LogP contribution in [0.15, 0.2) is 91.4 Å². The second-order valence-corrected chi connectivity index (χ2v) is 13.4. The molecule has 3 amide bonds. The lowest BCUT2D eigenvalue weighted by atomic mass is 9.93. The number of pyridine rings is 1. The van der Waals surface area contributed by atoms with Crippen LogP contribution in [-0.4, -0.2) is 64.5 Å². The Bertz CT molecular complexity index is 1610. The van der Waals surface area contributed by atoms with Gasteiger partial charge in [-0.25, -0.2) is 14.6 Å². The lowest BCUT2D eigenvalue weighted by Crippen LogP contribution is -2.54. The smallest absolute Gasteiger partial charge is 0.408 e. The van der Waals surface area contributed by atoms with Gasteiger partial charge in [0.25, 0.3) is 0 Å². The minimum atomic E-state index is -1.08. The highest BCUT2D eigenvalue weighted by Crippen LogP contribution is 2.17. The van der Waals surface area contributed by atoms with Gasteiger partial charge in [-0.15, -0.1) is 11.3 Å². The van der Waals surface area contributed by atoms with Crippen molar-refractivity contribution in [2.24, 2.45) is 5.92 Å². The molecule has 0 fully saturated rings. The minimum Gasteiger partial charge on any atom is -0.445 e. The van der Waals surface area contributed by atoms with E-state index in [1.165, 1.54) is 11.3 Å². The summed E-state index contributed by atoms with van der Waals surface area (Å²) in [5.41, 5.74) is 2.58. The summed E-state index contributed by atoms with van der Waals surface area (Å²) < 4.78 is 15.9. The van der Waals surface area contributed by atoms with Crippen LogP contribution in [0.3, 0.4) is 0 Å². The van der Waals surface area contributed by atoms with Crippen LogP contribution >= 0.6 is 11.3 Å². The summed E-state index contributed by atoms with van der Waals surface area (Å²) in [7, 11) is 1.58. The molecule has 0 aliphatic carbocycles. The second-order valence-electron chi connectivity index (χ2n) is 12.2. The van der Waals surface area contributed by atoms with Crippen LogP contribution in [0.5, 0.6) is 0 Å². The van der Waals surface area contributed by atoms with E-state index < -0.39 is 42.3 Å². The van der Waals surface area contributed by atoms with E-state index in [4.69, 9.17) is 14.2 Å². The van der Waals surface area contributed by atoms with Gasteiger partial charge in [0.1, 0.15) is 24.3 Å². The quantitative estimate of drug-likeness (QED) is 0.112. The van der Waals surface area contributed by atoms with E-state index >= 15 is 0 Å². The molecule has 0 bridgehead atoms. The number of aromatic nitrogens is 2. The lowest BCUT2D eigenvalue weighted by Gasteiger charge is -2.30. The Morgan fingerprint density at radius 1 is 0.780 bits per heavy atom. The fourth-order valence-electron chi connectivity index (χ4n) is 5.26. The van der Waals surface area contributed by atoms with E-state index in [0.717, 1.165) is 26.6 Å². The molecule has 2 heterocycles. The van der Waals surface area contributed by atoms with Crippen LogP contribution in [0, 0.1) is 5.92 Å². The van der Waals surface area contributed by atoms with Gasteiger partial charge in [0.2, 0.25) is 5.91 Å². The maximum atomic E-state index is 13.7. The van der Waals surface area contributed by atoms with Crippen molar-refractivity contribution in [3.63, 3.8) is 0 Å². The highest BCUT2D eigenvalue weighted by Gasteiger charge is 2.30. The third-order valence-electron chi connectivity index (χ3n) is 7.79. The number of ether oxygens (including phenoxy) is 3. The van der Waals surface area contributed by atoms with Crippen LogP contribution in [0.25, 0.3) is 0 Å². The molecule has 0 spiro atoms. The lowest BCUT2D eigenvalue weighted by molar-refractivity contribution is -0.125. The number of carbonyl (C=O) groups excluding carboxylic acids is 3. The first-order valence-electron chi connectivity index (χ1n) is 16.4. The Labute approximate surface area is 296 Å². The van der Waals surface area contributed by atoms with Gasteiger partial charge >= 0.3 is 12.2 Å². The van der Waals surface area contributed by atoms with Crippen molar-refractivity contribution in [3.8, 4) is 0 Å².